The summed E-state index contributed by atoms with van der Waals surface area (Å²) in [6.45, 7) is 0. The Kier molecular flexibility index (Phi) is 8.26. The Morgan fingerprint density at radius 1 is 0.765 bits per heavy atom. The molecule has 0 N–H and O–H groups in total. The maximum absolute atomic E-state index is 6.50. The number of thioether (sulfide) groups is 1. The van der Waals surface area contributed by atoms with Gasteiger partial charge in [-0.1, -0.05) is 127 Å². The molecule has 0 radical (unpaired) electrons. The van der Waals surface area contributed by atoms with E-state index in [1.165, 1.54) is 21.6 Å². The van der Waals surface area contributed by atoms with Gasteiger partial charge in [0.25, 0.3) is 0 Å². The molecule has 246 valence electrons. The van der Waals surface area contributed by atoms with Gasteiger partial charge in [-0.05, 0) is 70.5 Å². The molecule has 2 unspecified atom stereocenters. The largest absolute Gasteiger partial charge is 0.456 e. The van der Waals surface area contributed by atoms with Crippen LogP contribution in [0.25, 0.3) is 38.6 Å². The van der Waals surface area contributed by atoms with Gasteiger partial charge in [-0.2, -0.15) is 0 Å². The van der Waals surface area contributed by atoms with Crippen LogP contribution in [0, 0.1) is 0 Å². The SMILES string of the molecule is CN=C(N=C(N=Cc1ccc(C2=CCCC=C2)cc1)c1ccccc1)c1cc(-c2ccc3c(c2)SC2C=CC=CC32)c2c(c1)oc1ccccc12. The van der Waals surface area contributed by atoms with Crippen LogP contribution in [0.2, 0.25) is 0 Å². The van der Waals surface area contributed by atoms with Gasteiger partial charge in [-0.15, -0.1) is 11.8 Å². The zero-order chi connectivity index (χ0) is 34.1. The summed E-state index contributed by atoms with van der Waals surface area (Å²) < 4.78 is 6.50. The molecule has 0 amide bonds. The number of amidine groups is 2. The molecule has 2 atom stereocenters. The fourth-order valence-electron chi connectivity index (χ4n) is 7.24. The quantitative estimate of drug-likeness (QED) is 0.135. The lowest BCUT2D eigenvalue weighted by atomic mass is 9.90. The van der Waals surface area contributed by atoms with Gasteiger partial charge in [0.15, 0.2) is 11.7 Å². The number of hydrogen-bond donors (Lipinski definition) is 0. The molecule has 0 spiro atoms. The zero-order valence-corrected chi connectivity index (χ0v) is 29.1. The molecule has 0 saturated heterocycles. The molecule has 9 rings (SSSR count). The highest BCUT2D eigenvalue weighted by molar-refractivity contribution is 8.00. The molecular formula is C46H35N3OS. The van der Waals surface area contributed by atoms with Crippen LogP contribution in [0.5, 0.6) is 0 Å². The van der Waals surface area contributed by atoms with Crippen molar-refractivity contribution in [3.8, 4) is 11.1 Å². The molecule has 0 bridgehead atoms. The Balaban J connectivity index is 1.13. The molecule has 3 aliphatic rings. The first-order chi connectivity index (χ1) is 25.2. The Morgan fingerprint density at radius 3 is 2.43 bits per heavy atom. The van der Waals surface area contributed by atoms with Crippen molar-refractivity contribution in [1.29, 1.82) is 0 Å². The molecule has 1 aromatic heterocycles. The number of hydrogen-bond acceptors (Lipinski definition) is 3. The van der Waals surface area contributed by atoms with E-state index in [2.05, 4.69) is 109 Å². The van der Waals surface area contributed by atoms with Gasteiger partial charge in [0.2, 0.25) is 0 Å². The van der Waals surface area contributed by atoms with E-state index >= 15 is 0 Å². The maximum Gasteiger partial charge on any atom is 0.161 e. The third-order valence-corrected chi connectivity index (χ3v) is 11.1. The predicted molar refractivity (Wildman–Crippen MR) is 216 cm³/mol. The maximum atomic E-state index is 6.50. The number of benzene rings is 5. The van der Waals surface area contributed by atoms with E-state index in [9.17, 15) is 0 Å². The van der Waals surface area contributed by atoms with Crippen molar-refractivity contribution in [2.24, 2.45) is 15.0 Å². The van der Waals surface area contributed by atoms with Crippen molar-refractivity contribution in [3.63, 3.8) is 0 Å². The van der Waals surface area contributed by atoms with Crippen molar-refractivity contribution < 1.29 is 4.42 Å². The van der Waals surface area contributed by atoms with Crippen LogP contribution in [0.1, 0.15) is 46.6 Å². The molecular weight excluding hydrogens is 643 g/mol. The first kappa shape index (κ1) is 31.2. The molecule has 0 saturated carbocycles. The first-order valence-electron chi connectivity index (χ1n) is 17.5. The highest BCUT2D eigenvalue weighted by atomic mass is 32.2. The summed E-state index contributed by atoms with van der Waals surface area (Å²) in [6.07, 6.45) is 19.8. The average Bonchev–Trinajstić information content (AvgIpc) is 3.76. The van der Waals surface area contributed by atoms with E-state index in [1.54, 1.807) is 7.05 Å². The topological polar surface area (TPSA) is 50.2 Å². The van der Waals surface area contributed by atoms with Gasteiger partial charge in [-0.3, -0.25) is 4.99 Å². The molecule has 51 heavy (non-hydrogen) atoms. The third kappa shape index (κ3) is 6.04. The minimum atomic E-state index is 0.416. The monoisotopic (exact) mass is 677 g/mol. The minimum absolute atomic E-state index is 0.416. The number of nitrogens with zero attached hydrogens (tertiary/aromatic N) is 3. The van der Waals surface area contributed by atoms with Crippen molar-refractivity contribution >= 4 is 57.2 Å². The van der Waals surface area contributed by atoms with Gasteiger partial charge in [-0.25, -0.2) is 9.98 Å². The van der Waals surface area contributed by atoms with Gasteiger partial charge in [0.1, 0.15) is 11.2 Å². The number of furan rings is 1. The second-order valence-electron chi connectivity index (χ2n) is 13.0. The van der Waals surface area contributed by atoms with E-state index in [-0.39, 0.29) is 0 Å². The smallest absolute Gasteiger partial charge is 0.161 e. The summed E-state index contributed by atoms with van der Waals surface area (Å²) >= 11 is 1.94. The van der Waals surface area contributed by atoms with Crippen LogP contribution in [0.3, 0.4) is 0 Å². The summed E-state index contributed by atoms with van der Waals surface area (Å²) in [6, 6.07) is 38.1. The number of aliphatic imine (C=N–C) groups is 3. The van der Waals surface area contributed by atoms with Crippen molar-refractivity contribution in [1.82, 2.24) is 0 Å². The molecule has 0 fully saturated rings. The van der Waals surface area contributed by atoms with Gasteiger partial charge < -0.3 is 4.42 Å². The second kappa shape index (κ2) is 13.5. The summed E-state index contributed by atoms with van der Waals surface area (Å²) in [5.74, 6) is 1.58. The Bertz CT molecular complexity index is 2510. The normalized spacial score (nSPS) is 18.5. The molecule has 5 aromatic carbocycles. The van der Waals surface area contributed by atoms with Crippen LogP contribution in [-0.4, -0.2) is 30.2 Å². The van der Waals surface area contributed by atoms with Gasteiger partial charge in [0, 0.05) is 51.2 Å². The van der Waals surface area contributed by atoms with E-state index in [0.29, 0.717) is 22.8 Å². The third-order valence-electron chi connectivity index (χ3n) is 9.80. The Hall–Kier alpha value is -5.78. The number of para-hydroxylation sites is 1. The molecule has 1 aliphatic heterocycles. The zero-order valence-electron chi connectivity index (χ0n) is 28.2. The van der Waals surface area contributed by atoms with E-state index in [1.807, 2.05) is 60.4 Å². The van der Waals surface area contributed by atoms with Crippen molar-refractivity contribution in [3.05, 3.63) is 180 Å². The van der Waals surface area contributed by atoms with Crippen LogP contribution in [-0.2, 0) is 0 Å². The lowest BCUT2D eigenvalue weighted by Gasteiger charge is -2.14. The molecule has 4 nitrogen and oxygen atoms in total. The lowest BCUT2D eigenvalue weighted by Crippen LogP contribution is -2.06. The molecule has 2 heterocycles. The summed E-state index contributed by atoms with van der Waals surface area (Å²) in [5, 5.41) is 2.63. The number of allylic oxidation sites excluding steroid dienone is 7. The van der Waals surface area contributed by atoms with E-state index in [4.69, 9.17) is 19.4 Å². The van der Waals surface area contributed by atoms with E-state index < -0.39 is 0 Å². The van der Waals surface area contributed by atoms with Crippen LogP contribution >= 0.6 is 11.8 Å². The summed E-state index contributed by atoms with van der Waals surface area (Å²) in [5.41, 5.74) is 10.6. The summed E-state index contributed by atoms with van der Waals surface area (Å²) in [7, 11) is 1.79. The lowest BCUT2D eigenvalue weighted by molar-refractivity contribution is 0.669. The highest BCUT2D eigenvalue weighted by Crippen LogP contribution is 2.50. The van der Waals surface area contributed by atoms with Crippen LogP contribution in [0.15, 0.2) is 176 Å². The number of rotatable bonds is 5. The Labute approximate surface area is 302 Å². The summed E-state index contributed by atoms with van der Waals surface area (Å²) in [4.78, 5) is 16.1. The number of fused-ring (bicyclic) bond motifs is 6. The molecule has 5 heteroatoms. The van der Waals surface area contributed by atoms with E-state index in [0.717, 1.165) is 62.6 Å². The standard InChI is InChI=1S/C46H35N3OS/c1-47-45(49-46(33-14-6-3-7-15-33)48-29-30-20-22-32(23-21-30)31-12-4-2-5-13-31)35-26-39(44-38-17-8-10-18-40(38)50-41(44)27-35)34-24-25-37-36-16-9-11-19-42(36)51-43(37)28-34/h3-4,6-29,36,42H,2,5H2,1H3. The molecule has 2 aliphatic carbocycles. The minimum Gasteiger partial charge on any atom is -0.456 e. The fourth-order valence-corrected chi connectivity index (χ4v) is 8.62. The van der Waals surface area contributed by atoms with Gasteiger partial charge >= 0.3 is 0 Å². The highest BCUT2D eigenvalue weighted by Gasteiger charge is 2.31. The average molecular weight is 678 g/mol. The fraction of sp³-hybridized carbons (Fsp3) is 0.109. The molecule has 6 aromatic rings. The van der Waals surface area contributed by atoms with Gasteiger partial charge in [0.05, 0.1) is 0 Å². The second-order valence-corrected chi connectivity index (χ2v) is 14.2. The Morgan fingerprint density at radius 2 is 1.59 bits per heavy atom. The van der Waals surface area contributed by atoms with Crippen molar-refractivity contribution in [2.75, 3.05) is 7.05 Å². The van der Waals surface area contributed by atoms with Crippen molar-refractivity contribution in [2.45, 2.75) is 28.9 Å². The van der Waals surface area contributed by atoms with Crippen LogP contribution in [0.4, 0.5) is 0 Å². The first-order valence-corrected chi connectivity index (χ1v) is 18.3. The van der Waals surface area contributed by atoms with Crippen LogP contribution < -0.4 is 0 Å². The predicted octanol–water partition coefficient (Wildman–Crippen LogP) is 11.6.